The molecule has 3 heteroatoms. The van der Waals surface area contributed by atoms with E-state index in [2.05, 4.69) is 30.4 Å². The summed E-state index contributed by atoms with van der Waals surface area (Å²) in [6.45, 7) is 2.24. The Morgan fingerprint density at radius 3 is 3.00 bits per heavy atom. The van der Waals surface area contributed by atoms with E-state index in [1.165, 1.54) is 24.1 Å². The molecule has 0 aromatic heterocycles. The summed E-state index contributed by atoms with van der Waals surface area (Å²) in [7, 11) is 4.26. The molecular formula is C13H21N3. The summed E-state index contributed by atoms with van der Waals surface area (Å²) in [5, 5.41) is 3.48. The van der Waals surface area contributed by atoms with Crippen molar-refractivity contribution >= 4 is 11.4 Å². The van der Waals surface area contributed by atoms with Crippen LogP contribution in [0.5, 0.6) is 0 Å². The van der Waals surface area contributed by atoms with Crippen molar-refractivity contribution in [3.05, 3.63) is 23.8 Å². The molecule has 0 amide bonds. The number of anilines is 2. The topological polar surface area (TPSA) is 41.3 Å². The van der Waals surface area contributed by atoms with Gasteiger partial charge in [-0.05, 0) is 57.1 Å². The highest BCUT2D eigenvalue weighted by molar-refractivity contribution is 5.60. The van der Waals surface area contributed by atoms with Gasteiger partial charge in [0.15, 0.2) is 0 Å². The molecule has 1 aliphatic heterocycles. The van der Waals surface area contributed by atoms with Gasteiger partial charge in [0.1, 0.15) is 0 Å². The number of rotatable bonds is 3. The predicted molar refractivity (Wildman–Crippen MR) is 69.7 cm³/mol. The first kappa shape index (κ1) is 11.3. The Morgan fingerprint density at radius 1 is 1.44 bits per heavy atom. The second-order valence-corrected chi connectivity index (χ2v) is 4.96. The second-order valence-electron chi connectivity index (χ2n) is 4.96. The van der Waals surface area contributed by atoms with Gasteiger partial charge in [-0.1, -0.05) is 6.07 Å². The number of hydrogen-bond donors (Lipinski definition) is 2. The average Bonchev–Trinajstić information content (AvgIpc) is 2.26. The molecule has 0 bridgehead atoms. The third-order valence-corrected chi connectivity index (χ3v) is 3.21. The van der Waals surface area contributed by atoms with E-state index in [0.717, 1.165) is 24.7 Å². The fourth-order valence-corrected chi connectivity index (χ4v) is 2.22. The van der Waals surface area contributed by atoms with Crippen LogP contribution in [0.1, 0.15) is 12.0 Å². The number of nitrogens with zero attached hydrogens (tertiary/aromatic N) is 1. The van der Waals surface area contributed by atoms with Crippen molar-refractivity contribution in [1.82, 2.24) is 4.90 Å². The Kier molecular flexibility index (Phi) is 3.34. The van der Waals surface area contributed by atoms with Crippen LogP contribution in [0.4, 0.5) is 11.4 Å². The molecule has 0 saturated carbocycles. The normalized spacial score (nSPS) is 19.3. The number of benzene rings is 1. The highest BCUT2D eigenvalue weighted by atomic mass is 15.0. The molecule has 0 aliphatic carbocycles. The summed E-state index contributed by atoms with van der Waals surface area (Å²) in [5.74, 6) is 0.749. The molecule has 1 aromatic carbocycles. The molecule has 0 spiro atoms. The van der Waals surface area contributed by atoms with Crippen LogP contribution >= 0.6 is 0 Å². The standard InChI is InChI=1S/C13H21N3/c1-16(2)6-5-10-7-11-3-4-12(14)8-13(11)15-9-10/h3-4,8,10,15H,5-7,9,14H2,1-2H3. The van der Waals surface area contributed by atoms with Crippen LogP contribution in [0, 0.1) is 5.92 Å². The van der Waals surface area contributed by atoms with Gasteiger partial charge in [-0.3, -0.25) is 0 Å². The number of nitrogens with one attached hydrogen (secondary N) is 1. The van der Waals surface area contributed by atoms with E-state index in [9.17, 15) is 0 Å². The Morgan fingerprint density at radius 2 is 2.25 bits per heavy atom. The summed E-state index contributed by atoms with van der Waals surface area (Å²) in [5.41, 5.74) is 9.24. The van der Waals surface area contributed by atoms with Crippen molar-refractivity contribution in [2.24, 2.45) is 5.92 Å². The van der Waals surface area contributed by atoms with Gasteiger partial charge < -0.3 is 16.0 Å². The summed E-state index contributed by atoms with van der Waals surface area (Å²) in [6, 6.07) is 6.19. The third kappa shape index (κ3) is 2.67. The number of nitrogen functional groups attached to an aromatic ring is 1. The fraction of sp³-hybridized carbons (Fsp3) is 0.538. The molecule has 0 fully saturated rings. The van der Waals surface area contributed by atoms with Gasteiger partial charge in [-0.2, -0.15) is 0 Å². The summed E-state index contributed by atoms with van der Waals surface area (Å²) in [6.07, 6.45) is 2.43. The molecule has 88 valence electrons. The van der Waals surface area contributed by atoms with Gasteiger partial charge in [-0.25, -0.2) is 0 Å². The smallest absolute Gasteiger partial charge is 0.0393 e. The van der Waals surface area contributed by atoms with Gasteiger partial charge >= 0.3 is 0 Å². The molecule has 1 atom stereocenters. The average molecular weight is 219 g/mol. The fourth-order valence-electron chi connectivity index (χ4n) is 2.22. The van der Waals surface area contributed by atoms with Crippen LogP contribution in [0.15, 0.2) is 18.2 Å². The van der Waals surface area contributed by atoms with Gasteiger partial charge in [0.25, 0.3) is 0 Å². The summed E-state index contributed by atoms with van der Waals surface area (Å²) in [4.78, 5) is 2.25. The molecule has 1 unspecified atom stereocenters. The minimum atomic E-state index is 0.749. The van der Waals surface area contributed by atoms with E-state index in [1.807, 2.05) is 12.1 Å². The van der Waals surface area contributed by atoms with Crippen molar-refractivity contribution in [3.8, 4) is 0 Å². The van der Waals surface area contributed by atoms with Crippen LogP contribution in [-0.2, 0) is 6.42 Å². The maximum Gasteiger partial charge on any atom is 0.0393 e. The zero-order valence-electron chi connectivity index (χ0n) is 10.2. The Hall–Kier alpha value is -1.22. The van der Waals surface area contributed by atoms with E-state index in [-0.39, 0.29) is 0 Å². The van der Waals surface area contributed by atoms with Crippen molar-refractivity contribution in [3.63, 3.8) is 0 Å². The van der Waals surface area contributed by atoms with Crippen molar-refractivity contribution < 1.29 is 0 Å². The third-order valence-electron chi connectivity index (χ3n) is 3.21. The highest BCUT2D eigenvalue weighted by Crippen LogP contribution is 2.27. The van der Waals surface area contributed by atoms with Gasteiger partial charge in [0.2, 0.25) is 0 Å². The van der Waals surface area contributed by atoms with Crippen LogP contribution < -0.4 is 11.1 Å². The van der Waals surface area contributed by atoms with E-state index in [1.54, 1.807) is 0 Å². The van der Waals surface area contributed by atoms with Crippen LogP contribution in [-0.4, -0.2) is 32.1 Å². The van der Waals surface area contributed by atoms with Crippen molar-refractivity contribution in [2.75, 3.05) is 38.2 Å². The Labute approximate surface area is 97.6 Å². The molecule has 0 saturated heterocycles. The molecule has 3 N–H and O–H groups in total. The van der Waals surface area contributed by atoms with E-state index in [4.69, 9.17) is 5.73 Å². The van der Waals surface area contributed by atoms with Crippen LogP contribution in [0.25, 0.3) is 0 Å². The lowest BCUT2D eigenvalue weighted by atomic mass is 9.91. The zero-order valence-corrected chi connectivity index (χ0v) is 10.2. The molecule has 1 aliphatic rings. The van der Waals surface area contributed by atoms with Crippen LogP contribution in [0.2, 0.25) is 0 Å². The van der Waals surface area contributed by atoms with Gasteiger partial charge in [-0.15, -0.1) is 0 Å². The molecule has 0 radical (unpaired) electrons. The minimum Gasteiger partial charge on any atom is -0.399 e. The van der Waals surface area contributed by atoms with E-state index in [0.29, 0.717) is 0 Å². The monoisotopic (exact) mass is 219 g/mol. The number of fused-ring (bicyclic) bond motifs is 1. The Balaban J connectivity index is 1.98. The van der Waals surface area contributed by atoms with Gasteiger partial charge in [0, 0.05) is 17.9 Å². The van der Waals surface area contributed by atoms with Gasteiger partial charge in [0.05, 0.1) is 0 Å². The maximum atomic E-state index is 5.77. The second kappa shape index (κ2) is 4.74. The zero-order chi connectivity index (χ0) is 11.5. The molecule has 1 heterocycles. The Bertz CT molecular complexity index is 360. The first-order chi connectivity index (χ1) is 7.65. The minimum absolute atomic E-state index is 0.749. The largest absolute Gasteiger partial charge is 0.399 e. The summed E-state index contributed by atoms with van der Waals surface area (Å²) >= 11 is 0. The first-order valence-corrected chi connectivity index (χ1v) is 5.92. The van der Waals surface area contributed by atoms with E-state index >= 15 is 0 Å². The van der Waals surface area contributed by atoms with Crippen molar-refractivity contribution in [1.29, 1.82) is 0 Å². The quantitative estimate of drug-likeness (QED) is 0.762. The SMILES string of the molecule is CN(C)CCC1CNc2cc(N)ccc2C1. The van der Waals surface area contributed by atoms with Crippen LogP contribution in [0.3, 0.4) is 0 Å². The first-order valence-electron chi connectivity index (χ1n) is 5.92. The highest BCUT2D eigenvalue weighted by Gasteiger charge is 2.17. The lowest BCUT2D eigenvalue weighted by Crippen LogP contribution is -2.26. The molecule has 3 nitrogen and oxygen atoms in total. The summed E-state index contributed by atoms with van der Waals surface area (Å²) < 4.78 is 0. The lowest BCUT2D eigenvalue weighted by Gasteiger charge is -2.27. The lowest BCUT2D eigenvalue weighted by molar-refractivity contribution is 0.352. The number of hydrogen-bond acceptors (Lipinski definition) is 3. The predicted octanol–water partition coefficient (Wildman–Crippen LogP) is 1.80. The molecule has 1 aromatic rings. The molecule has 16 heavy (non-hydrogen) atoms. The number of nitrogens with two attached hydrogens (primary N) is 1. The molecule has 2 rings (SSSR count). The maximum absolute atomic E-state index is 5.77. The van der Waals surface area contributed by atoms with Crippen molar-refractivity contribution in [2.45, 2.75) is 12.8 Å². The van der Waals surface area contributed by atoms with E-state index < -0.39 is 0 Å². The molecular weight excluding hydrogens is 198 g/mol.